The van der Waals surface area contributed by atoms with Gasteiger partial charge >= 0.3 is 0 Å². The van der Waals surface area contributed by atoms with E-state index in [1.54, 1.807) is 6.07 Å². The zero-order valence-corrected chi connectivity index (χ0v) is 12.7. The second kappa shape index (κ2) is 5.50. The molecule has 20 heavy (non-hydrogen) atoms. The van der Waals surface area contributed by atoms with Crippen LogP contribution in [0.4, 0.5) is 0 Å². The molecule has 1 N–H and O–H groups in total. The molecule has 0 aliphatic carbocycles. The van der Waals surface area contributed by atoms with Crippen molar-refractivity contribution in [1.29, 1.82) is 0 Å². The number of benzene rings is 1. The molecule has 0 unspecified atom stereocenters. The highest BCUT2D eigenvalue weighted by Crippen LogP contribution is 2.22. The van der Waals surface area contributed by atoms with E-state index in [-0.39, 0.29) is 5.75 Å². The largest absolute Gasteiger partial charge is 0.392 e. The van der Waals surface area contributed by atoms with E-state index < -0.39 is 21.2 Å². The lowest BCUT2D eigenvalue weighted by Crippen LogP contribution is -2.30. The molecule has 0 spiro atoms. The van der Waals surface area contributed by atoms with Crippen LogP contribution < -0.4 is 0 Å². The van der Waals surface area contributed by atoms with Crippen LogP contribution in [0.5, 0.6) is 0 Å². The number of hydrogen-bond acceptors (Lipinski definition) is 4. The van der Waals surface area contributed by atoms with E-state index >= 15 is 0 Å². The molecule has 2 aromatic rings. The molecule has 0 radical (unpaired) electrons. The Bertz CT molecular complexity index is 723. The standard InChI is InChI=1S/C15H19NO3S/c1-10-8-13(9-20(18,19)12(3)11(2)17)14-6-4-5-7-15(14)16-10/h4-8,11-12,17H,9H2,1-3H3/t11-,12+/m0/s1. The second-order valence-corrected chi connectivity index (χ2v) is 7.55. The van der Waals surface area contributed by atoms with Gasteiger partial charge in [0.25, 0.3) is 0 Å². The quantitative estimate of drug-likeness (QED) is 0.938. The van der Waals surface area contributed by atoms with Crippen molar-refractivity contribution in [1.82, 2.24) is 4.98 Å². The maximum atomic E-state index is 12.3. The maximum absolute atomic E-state index is 12.3. The Labute approximate surface area is 119 Å². The molecule has 1 aromatic carbocycles. The molecule has 1 heterocycles. The first-order chi connectivity index (χ1) is 9.31. The minimum Gasteiger partial charge on any atom is -0.392 e. The van der Waals surface area contributed by atoms with Crippen LogP contribution in [0.25, 0.3) is 10.9 Å². The number of aliphatic hydroxyl groups is 1. The first kappa shape index (κ1) is 14.9. The number of para-hydroxylation sites is 1. The molecule has 2 atom stereocenters. The third-order valence-corrected chi connectivity index (χ3v) is 5.77. The second-order valence-electron chi connectivity index (χ2n) is 5.19. The first-order valence-corrected chi connectivity index (χ1v) is 8.27. The van der Waals surface area contributed by atoms with Gasteiger partial charge in [0.1, 0.15) is 0 Å². The number of aryl methyl sites for hydroxylation is 1. The number of pyridine rings is 1. The van der Waals surface area contributed by atoms with Gasteiger partial charge in [-0.3, -0.25) is 4.98 Å². The number of fused-ring (bicyclic) bond motifs is 1. The molecule has 0 amide bonds. The molecule has 0 saturated heterocycles. The monoisotopic (exact) mass is 293 g/mol. The Morgan fingerprint density at radius 1 is 1.25 bits per heavy atom. The van der Waals surface area contributed by atoms with Crippen molar-refractivity contribution < 1.29 is 13.5 Å². The molecule has 0 fully saturated rings. The van der Waals surface area contributed by atoms with Gasteiger partial charge in [-0.2, -0.15) is 0 Å². The van der Waals surface area contributed by atoms with Gasteiger partial charge in [0.15, 0.2) is 9.84 Å². The van der Waals surface area contributed by atoms with E-state index in [4.69, 9.17) is 0 Å². The molecule has 2 rings (SSSR count). The van der Waals surface area contributed by atoms with Crippen LogP contribution in [0.1, 0.15) is 25.1 Å². The van der Waals surface area contributed by atoms with E-state index in [0.717, 1.165) is 22.2 Å². The van der Waals surface area contributed by atoms with Crippen molar-refractivity contribution in [2.24, 2.45) is 0 Å². The van der Waals surface area contributed by atoms with Crippen molar-refractivity contribution in [3.63, 3.8) is 0 Å². The molecular weight excluding hydrogens is 274 g/mol. The Hall–Kier alpha value is -1.46. The minimum atomic E-state index is -3.40. The van der Waals surface area contributed by atoms with Crippen LogP contribution in [0.15, 0.2) is 30.3 Å². The van der Waals surface area contributed by atoms with Crippen molar-refractivity contribution in [2.45, 2.75) is 37.9 Å². The number of hydrogen-bond donors (Lipinski definition) is 1. The first-order valence-electron chi connectivity index (χ1n) is 6.56. The fraction of sp³-hybridized carbons (Fsp3) is 0.400. The van der Waals surface area contributed by atoms with Gasteiger partial charge in [-0.15, -0.1) is 0 Å². The molecule has 108 valence electrons. The van der Waals surface area contributed by atoms with Crippen LogP contribution in [0.2, 0.25) is 0 Å². The van der Waals surface area contributed by atoms with E-state index in [1.807, 2.05) is 31.2 Å². The molecule has 0 aliphatic heterocycles. The van der Waals surface area contributed by atoms with Crippen LogP contribution in [0.3, 0.4) is 0 Å². The van der Waals surface area contributed by atoms with Crippen LogP contribution in [-0.4, -0.2) is 29.9 Å². The van der Waals surface area contributed by atoms with Gasteiger partial charge in [0.05, 0.1) is 22.6 Å². The Balaban J connectivity index is 2.49. The van der Waals surface area contributed by atoms with Crippen molar-refractivity contribution in [3.8, 4) is 0 Å². The van der Waals surface area contributed by atoms with E-state index in [0.29, 0.717) is 0 Å². The molecule has 4 nitrogen and oxygen atoms in total. The predicted molar refractivity (Wildman–Crippen MR) is 80.2 cm³/mol. The highest BCUT2D eigenvalue weighted by atomic mass is 32.2. The average Bonchev–Trinajstić information content (AvgIpc) is 2.37. The molecule has 0 saturated carbocycles. The van der Waals surface area contributed by atoms with Gasteiger partial charge < -0.3 is 5.11 Å². The van der Waals surface area contributed by atoms with Gasteiger partial charge in [-0.25, -0.2) is 8.42 Å². The lowest BCUT2D eigenvalue weighted by atomic mass is 10.1. The Morgan fingerprint density at radius 3 is 2.55 bits per heavy atom. The van der Waals surface area contributed by atoms with Gasteiger partial charge in [0.2, 0.25) is 0 Å². The van der Waals surface area contributed by atoms with E-state index in [2.05, 4.69) is 4.98 Å². The summed E-state index contributed by atoms with van der Waals surface area (Å²) in [5, 5.41) is 9.57. The van der Waals surface area contributed by atoms with Crippen LogP contribution >= 0.6 is 0 Å². The summed E-state index contributed by atoms with van der Waals surface area (Å²) < 4.78 is 24.6. The highest BCUT2D eigenvalue weighted by molar-refractivity contribution is 7.91. The summed E-state index contributed by atoms with van der Waals surface area (Å²) in [6.45, 7) is 4.88. The fourth-order valence-electron chi connectivity index (χ4n) is 2.16. The molecule has 1 aromatic heterocycles. The third-order valence-electron chi connectivity index (χ3n) is 3.53. The summed E-state index contributed by atoms with van der Waals surface area (Å²) in [6.07, 6.45) is -0.880. The van der Waals surface area contributed by atoms with Crippen molar-refractivity contribution >= 4 is 20.7 Å². The van der Waals surface area contributed by atoms with Gasteiger partial charge in [0, 0.05) is 11.1 Å². The normalized spacial score (nSPS) is 15.2. The van der Waals surface area contributed by atoms with Crippen LogP contribution in [0, 0.1) is 6.92 Å². The maximum Gasteiger partial charge on any atom is 0.159 e. The summed E-state index contributed by atoms with van der Waals surface area (Å²) in [6, 6.07) is 9.30. The summed E-state index contributed by atoms with van der Waals surface area (Å²) in [5.74, 6) is -0.0804. The molecular formula is C15H19NO3S. The number of nitrogens with zero attached hydrogens (tertiary/aromatic N) is 1. The molecule has 5 heteroatoms. The smallest absolute Gasteiger partial charge is 0.159 e. The van der Waals surface area contributed by atoms with E-state index in [9.17, 15) is 13.5 Å². The van der Waals surface area contributed by atoms with Crippen molar-refractivity contribution in [2.75, 3.05) is 0 Å². The fourth-order valence-corrected chi connectivity index (χ4v) is 3.70. The minimum absolute atomic E-state index is 0.0804. The summed E-state index contributed by atoms with van der Waals surface area (Å²) >= 11 is 0. The van der Waals surface area contributed by atoms with Gasteiger partial charge in [-0.1, -0.05) is 18.2 Å². The SMILES string of the molecule is Cc1cc(CS(=O)(=O)[C@H](C)[C@H](C)O)c2ccccc2n1. The Morgan fingerprint density at radius 2 is 1.90 bits per heavy atom. The zero-order chi connectivity index (χ0) is 14.9. The number of aliphatic hydroxyl groups excluding tert-OH is 1. The topological polar surface area (TPSA) is 67.3 Å². The van der Waals surface area contributed by atoms with Crippen LogP contribution in [-0.2, 0) is 15.6 Å². The van der Waals surface area contributed by atoms with Gasteiger partial charge in [-0.05, 0) is 38.5 Å². The average molecular weight is 293 g/mol. The lowest BCUT2D eigenvalue weighted by Gasteiger charge is -2.16. The summed E-state index contributed by atoms with van der Waals surface area (Å²) in [4.78, 5) is 4.40. The lowest BCUT2D eigenvalue weighted by molar-refractivity contribution is 0.193. The number of rotatable bonds is 4. The highest BCUT2D eigenvalue weighted by Gasteiger charge is 2.26. The summed E-state index contributed by atoms with van der Waals surface area (Å²) in [5.41, 5.74) is 2.32. The summed E-state index contributed by atoms with van der Waals surface area (Å²) in [7, 11) is -3.40. The number of aromatic nitrogens is 1. The predicted octanol–water partition coefficient (Wildman–Crippen LogP) is 2.23. The molecule has 0 bridgehead atoms. The van der Waals surface area contributed by atoms with Crippen molar-refractivity contribution in [3.05, 3.63) is 41.6 Å². The third kappa shape index (κ3) is 2.99. The molecule has 0 aliphatic rings. The number of sulfone groups is 1. The Kier molecular flexibility index (Phi) is 4.11. The zero-order valence-electron chi connectivity index (χ0n) is 11.9. The van der Waals surface area contributed by atoms with E-state index in [1.165, 1.54) is 13.8 Å².